The Labute approximate surface area is 194 Å². The molecule has 0 atom stereocenters. The molecule has 0 aliphatic heterocycles. The minimum atomic E-state index is 0. The first-order valence-electron chi connectivity index (χ1n) is 8.92. The van der Waals surface area contributed by atoms with E-state index in [1.807, 2.05) is 59.5 Å². The van der Waals surface area contributed by atoms with E-state index in [1.165, 1.54) is 14.8 Å². The molecular weight excluding hydrogens is 595 g/mol. The van der Waals surface area contributed by atoms with Crippen LogP contribution in [0.25, 0.3) is 31.0 Å². The van der Waals surface area contributed by atoms with E-state index >= 15 is 0 Å². The van der Waals surface area contributed by atoms with Crippen LogP contribution >= 0.6 is 22.7 Å². The normalized spacial score (nSPS) is 11.1. The molecule has 0 aliphatic rings. The van der Waals surface area contributed by atoms with Crippen LogP contribution < -0.4 is 4.74 Å². The van der Waals surface area contributed by atoms with Crippen LogP contribution in [0.4, 0.5) is 0 Å². The molecule has 0 aliphatic carbocycles. The Hall–Kier alpha value is -2.73. The average molecular weight is 608 g/mol. The van der Waals surface area contributed by atoms with Crippen LogP contribution in [0.3, 0.4) is 0 Å². The number of rotatable bonds is 4. The molecule has 8 heteroatoms. The molecule has 2 aromatic carbocycles. The first-order chi connectivity index (χ1) is 14.3. The van der Waals surface area contributed by atoms with Crippen molar-refractivity contribution in [3.8, 4) is 22.9 Å². The number of ether oxygens (including phenoxy) is 1. The third kappa shape index (κ3) is 3.29. The quantitative estimate of drug-likeness (QED) is 0.235. The van der Waals surface area contributed by atoms with Gasteiger partial charge in [-0.15, -0.1) is 59.1 Å². The Balaban J connectivity index is 0.00000193. The number of fused-ring (bicyclic) bond motifs is 3. The standard InChI is InChI=1S/C22H12N4OS2.Pt/c1-4-15(25-10-3-9-23-25)12-17(6-1)27-18-7-2-5-16(13-18)26-22-19(14-24-26)21-20(29-22)8-11-28-21;/h1-11,14H;/q-2;+2. The van der Waals surface area contributed by atoms with Gasteiger partial charge in [-0.25, -0.2) is 4.68 Å². The van der Waals surface area contributed by atoms with Crippen LogP contribution in [0.5, 0.6) is 11.5 Å². The fraction of sp³-hybridized carbons (Fsp3) is 0. The fourth-order valence-corrected chi connectivity index (χ4v) is 5.48. The molecule has 148 valence electrons. The first kappa shape index (κ1) is 19.2. The van der Waals surface area contributed by atoms with Crippen molar-refractivity contribution < 1.29 is 25.8 Å². The van der Waals surface area contributed by atoms with Crippen LogP contribution in [0.2, 0.25) is 0 Å². The summed E-state index contributed by atoms with van der Waals surface area (Å²) in [6.45, 7) is 0. The van der Waals surface area contributed by atoms with Crippen molar-refractivity contribution in [3.63, 3.8) is 0 Å². The zero-order valence-corrected chi connectivity index (χ0v) is 19.2. The molecule has 30 heavy (non-hydrogen) atoms. The van der Waals surface area contributed by atoms with E-state index < -0.39 is 0 Å². The Morgan fingerprint density at radius 3 is 2.50 bits per heavy atom. The van der Waals surface area contributed by atoms with Gasteiger partial charge in [0, 0.05) is 34.0 Å². The van der Waals surface area contributed by atoms with Gasteiger partial charge >= 0.3 is 21.1 Å². The monoisotopic (exact) mass is 607 g/mol. The zero-order valence-electron chi connectivity index (χ0n) is 15.3. The van der Waals surface area contributed by atoms with Crippen molar-refractivity contribution in [2.24, 2.45) is 0 Å². The third-order valence-corrected chi connectivity index (χ3v) is 6.73. The Morgan fingerprint density at radius 1 is 0.900 bits per heavy atom. The van der Waals surface area contributed by atoms with Gasteiger partial charge in [0.1, 0.15) is 4.83 Å². The topological polar surface area (TPSA) is 44.9 Å². The van der Waals surface area contributed by atoms with Gasteiger partial charge in [-0.1, -0.05) is 0 Å². The predicted molar refractivity (Wildman–Crippen MR) is 116 cm³/mol. The zero-order chi connectivity index (χ0) is 19.2. The van der Waals surface area contributed by atoms with Gasteiger partial charge in [0.25, 0.3) is 0 Å². The summed E-state index contributed by atoms with van der Waals surface area (Å²) in [7, 11) is 0. The maximum Gasteiger partial charge on any atom is 2.00 e. The molecule has 0 unspecified atom stereocenters. The van der Waals surface area contributed by atoms with Gasteiger partial charge in [-0.3, -0.25) is 4.68 Å². The molecule has 0 saturated heterocycles. The summed E-state index contributed by atoms with van der Waals surface area (Å²) >= 11 is 3.49. The van der Waals surface area contributed by atoms with Crippen LogP contribution in [0.15, 0.2) is 72.5 Å². The van der Waals surface area contributed by atoms with Crippen molar-refractivity contribution in [1.29, 1.82) is 0 Å². The molecule has 6 rings (SSSR count). The summed E-state index contributed by atoms with van der Waals surface area (Å²) in [4.78, 5) is 1.12. The number of thiophene rings is 2. The van der Waals surface area contributed by atoms with Crippen LogP contribution in [-0.2, 0) is 21.1 Å². The average Bonchev–Trinajstić information content (AvgIpc) is 3.51. The second kappa shape index (κ2) is 7.83. The molecule has 0 saturated carbocycles. The van der Waals surface area contributed by atoms with Gasteiger partial charge in [0.05, 0.1) is 10.9 Å². The van der Waals surface area contributed by atoms with Crippen LogP contribution in [-0.4, -0.2) is 19.6 Å². The van der Waals surface area contributed by atoms with E-state index in [4.69, 9.17) is 4.74 Å². The van der Waals surface area contributed by atoms with Crippen molar-refractivity contribution in [3.05, 3.63) is 84.6 Å². The summed E-state index contributed by atoms with van der Waals surface area (Å²) in [5, 5.41) is 12.1. The molecule has 4 aromatic heterocycles. The number of nitrogens with zero attached hydrogens (tertiary/aromatic N) is 4. The predicted octanol–water partition coefficient (Wildman–Crippen LogP) is 5.88. The minimum Gasteiger partial charge on any atom is -0.509 e. The Kier molecular flexibility index (Phi) is 5.03. The third-order valence-electron chi connectivity index (χ3n) is 4.51. The smallest absolute Gasteiger partial charge is 0.509 e. The number of aromatic nitrogens is 4. The van der Waals surface area contributed by atoms with Gasteiger partial charge < -0.3 is 4.74 Å². The van der Waals surface area contributed by atoms with Crippen molar-refractivity contribution in [2.75, 3.05) is 0 Å². The van der Waals surface area contributed by atoms with Crippen LogP contribution in [0, 0.1) is 12.1 Å². The minimum absolute atomic E-state index is 0. The summed E-state index contributed by atoms with van der Waals surface area (Å²) in [5.41, 5.74) is 1.66. The molecule has 4 heterocycles. The second-order valence-electron chi connectivity index (χ2n) is 6.34. The molecule has 0 fully saturated rings. The van der Waals surface area contributed by atoms with E-state index in [9.17, 15) is 0 Å². The molecule has 5 nitrogen and oxygen atoms in total. The fourth-order valence-electron chi connectivity index (χ4n) is 3.22. The van der Waals surface area contributed by atoms with Crippen molar-refractivity contribution in [1.82, 2.24) is 19.6 Å². The Bertz CT molecular complexity index is 1450. The molecular formula is C22H12N4OPtS2. The van der Waals surface area contributed by atoms with E-state index in [2.05, 4.69) is 33.8 Å². The Morgan fingerprint density at radius 2 is 1.70 bits per heavy atom. The largest absolute Gasteiger partial charge is 2.00 e. The molecule has 6 aromatic rings. The van der Waals surface area contributed by atoms with Crippen molar-refractivity contribution >= 4 is 42.3 Å². The van der Waals surface area contributed by atoms with Crippen LogP contribution in [0.1, 0.15) is 0 Å². The van der Waals surface area contributed by atoms with E-state index in [-0.39, 0.29) is 21.1 Å². The number of hydrogen-bond acceptors (Lipinski definition) is 5. The second-order valence-corrected chi connectivity index (χ2v) is 8.29. The SMILES string of the molecule is [Pt+2].[c-]1c(Oc2[c-]c(-n3ncc4c5sccc5sc43)ccc2)cccc1-n1cccn1. The molecule has 0 radical (unpaired) electrons. The molecule has 0 bridgehead atoms. The molecule has 0 amide bonds. The summed E-state index contributed by atoms with van der Waals surface area (Å²) in [6, 6.07) is 22.1. The van der Waals surface area contributed by atoms with E-state index in [0.717, 1.165) is 16.2 Å². The van der Waals surface area contributed by atoms with Gasteiger partial charge in [0.2, 0.25) is 0 Å². The molecule has 0 N–H and O–H groups in total. The van der Waals surface area contributed by atoms with Gasteiger partial charge in [-0.2, -0.15) is 22.3 Å². The summed E-state index contributed by atoms with van der Waals surface area (Å²) < 4.78 is 12.3. The maximum absolute atomic E-state index is 6.02. The van der Waals surface area contributed by atoms with Crippen molar-refractivity contribution in [2.45, 2.75) is 0 Å². The summed E-state index contributed by atoms with van der Waals surface area (Å²) in [5.74, 6) is 1.21. The number of benzene rings is 2. The summed E-state index contributed by atoms with van der Waals surface area (Å²) in [6.07, 6.45) is 5.53. The first-order valence-corrected chi connectivity index (χ1v) is 10.6. The number of hydrogen-bond donors (Lipinski definition) is 0. The van der Waals surface area contributed by atoms with E-state index in [0.29, 0.717) is 11.5 Å². The van der Waals surface area contributed by atoms with Gasteiger partial charge in [0.15, 0.2) is 0 Å². The van der Waals surface area contributed by atoms with Gasteiger partial charge in [-0.05, 0) is 28.9 Å². The maximum atomic E-state index is 6.02. The molecule has 0 spiro atoms. The van der Waals surface area contributed by atoms with E-state index in [1.54, 1.807) is 33.6 Å².